The van der Waals surface area contributed by atoms with Gasteiger partial charge in [-0.15, -0.1) is 0 Å². The van der Waals surface area contributed by atoms with E-state index in [1.165, 1.54) is 0 Å². The van der Waals surface area contributed by atoms with Gasteiger partial charge in [-0.2, -0.15) is 5.10 Å². The van der Waals surface area contributed by atoms with Gasteiger partial charge in [0.25, 0.3) is 5.91 Å². The van der Waals surface area contributed by atoms with Gasteiger partial charge in [-0.1, -0.05) is 18.2 Å². The van der Waals surface area contributed by atoms with Crippen LogP contribution in [0.3, 0.4) is 0 Å². The molecule has 1 aromatic heterocycles. The van der Waals surface area contributed by atoms with Crippen molar-refractivity contribution in [1.29, 1.82) is 0 Å². The molecule has 2 atom stereocenters. The molecule has 0 spiro atoms. The summed E-state index contributed by atoms with van der Waals surface area (Å²) in [5, 5.41) is 10.4. The van der Waals surface area contributed by atoms with Crippen molar-refractivity contribution in [1.82, 2.24) is 20.4 Å². The molecule has 0 saturated carbocycles. The molecule has 0 radical (unpaired) electrons. The van der Waals surface area contributed by atoms with E-state index in [1.54, 1.807) is 7.05 Å². The number of aromatic nitrogens is 2. The van der Waals surface area contributed by atoms with Gasteiger partial charge in [-0.05, 0) is 32.4 Å². The number of rotatable bonds is 8. The van der Waals surface area contributed by atoms with Crippen LogP contribution in [0.2, 0.25) is 0 Å². The number of hydrogen-bond donors (Lipinski definition) is 2. The third-order valence-corrected chi connectivity index (χ3v) is 4.10. The average molecular weight is 330 g/mol. The van der Waals surface area contributed by atoms with Gasteiger partial charge in [-0.25, -0.2) is 0 Å². The Balaban J connectivity index is 1.94. The first-order valence-corrected chi connectivity index (χ1v) is 8.16. The Hall–Kier alpha value is -2.34. The van der Waals surface area contributed by atoms with E-state index in [0.717, 1.165) is 16.9 Å². The van der Waals surface area contributed by atoms with E-state index in [9.17, 15) is 4.79 Å². The fourth-order valence-electron chi connectivity index (χ4n) is 2.33. The highest BCUT2D eigenvalue weighted by atomic mass is 16.5. The molecule has 2 aromatic rings. The van der Waals surface area contributed by atoms with E-state index >= 15 is 0 Å². The maximum Gasteiger partial charge on any atom is 0.257 e. The maximum absolute atomic E-state index is 11.3. The van der Waals surface area contributed by atoms with Crippen molar-refractivity contribution in [3.8, 4) is 5.75 Å². The largest absolute Gasteiger partial charge is 0.483 e. The van der Waals surface area contributed by atoms with E-state index in [4.69, 9.17) is 4.74 Å². The minimum absolute atomic E-state index is 0.0199. The fraction of sp³-hybridized carbons (Fsp3) is 0.444. The number of aryl methyl sites for hydroxylation is 1. The second-order valence-corrected chi connectivity index (χ2v) is 5.98. The van der Waals surface area contributed by atoms with E-state index in [0.29, 0.717) is 6.54 Å². The minimum atomic E-state index is -0.145. The second kappa shape index (κ2) is 8.49. The number of nitrogens with zero attached hydrogens (tertiary/aromatic N) is 2. The Morgan fingerprint density at radius 2 is 2.08 bits per heavy atom. The highest BCUT2D eigenvalue weighted by molar-refractivity contribution is 5.77. The Morgan fingerprint density at radius 1 is 1.33 bits per heavy atom. The van der Waals surface area contributed by atoms with Crippen molar-refractivity contribution in [2.45, 2.75) is 39.4 Å². The van der Waals surface area contributed by atoms with Gasteiger partial charge >= 0.3 is 0 Å². The average Bonchev–Trinajstić information content (AvgIpc) is 3.03. The van der Waals surface area contributed by atoms with Crippen molar-refractivity contribution in [3.05, 3.63) is 47.8 Å². The highest BCUT2D eigenvalue weighted by Crippen LogP contribution is 2.19. The van der Waals surface area contributed by atoms with E-state index < -0.39 is 0 Å². The Labute approximate surface area is 143 Å². The van der Waals surface area contributed by atoms with Crippen LogP contribution in [0, 0.1) is 6.92 Å². The maximum atomic E-state index is 11.3. The second-order valence-electron chi connectivity index (χ2n) is 5.98. The number of nitrogens with one attached hydrogen (secondary N) is 2. The van der Waals surface area contributed by atoms with Crippen LogP contribution >= 0.6 is 0 Å². The monoisotopic (exact) mass is 330 g/mol. The van der Waals surface area contributed by atoms with Crippen molar-refractivity contribution < 1.29 is 9.53 Å². The summed E-state index contributed by atoms with van der Waals surface area (Å²) in [6, 6.07) is 8.22. The van der Waals surface area contributed by atoms with Crippen LogP contribution < -0.4 is 15.4 Å². The van der Waals surface area contributed by atoms with Gasteiger partial charge in [0.05, 0.1) is 12.2 Å². The summed E-state index contributed by atoms with van der Waals surface area (Å²) in [7, 11) is 1.60. The lowest BCUT2D eigenvalue weighted by molar-refractivity contribution is -0.122. The number of carbonyl (C=O) groups is 1. The molecule has 0 aliphatic heterocycles. The Bertz CT molecular complexity index is 669. The summed E-state index contributed by atoms with van der Waals surface area (Å²) in [6.07, 6.45) is 3.91. The van der Waals surface area contributed by atoms with E-state index in [-0.39, 0.29) is 24.6 Å². The van der Waals surface area contributed by atoms with Crippen LogP contribution in [0.15, 0.2) is 36.7 Å². The molecule has 1 heterocycles. The quantitative estimate of drug-likeness (QED) is 0.777. The van der Waals surface area contributed by atoms with Crippen LogP contribution in [0.1, 0.15) is 31.0 Å². The minimum Gasteiger partial charge on any atom is -0.483 e. The van der Waals surface area contributed by atoms with Crippen LogP contribution in [0.4, 0.5) is 0 Å². The molecule has 0 aliphatic carbocycles. The molecule has 6 nitrogen and oxygen atoms in total. The number of amides is 1. The smallest absolute Gasteiger partial charge is 0.257 e. The zero-order chi connectivity index (χ0) is 17.5. The molecule has 2 N–H and O–H groups in total. The van der Waals surface area contributed by atoms with E-state index in [2.05, 4.69) is 29.6 Å². The van der Waals surface area contributed by atoms with Gasteiger partial charge in [-0.3, -0.25) is 9.48 Å². The lowest BCUT2D eigenvalue weighted by Crippen LogP contribution is -2.33. The fourth-order valence-corrected chi connectivity index (χ4v) is 2.33. The molecule has 0 fully saturated rings. The van der Waals surface area contributed by atoms with Gasteiger partial charge in [0.15, 0.2) is 6.61 Å². The number of hydrogen-bond acceptors (Lipinski definition) is 4. The molecule has 1 amide bonds. The SMILES string of the molecule is CNC(=O)COc1ccccc1CNC(C)C(C)n1cc(C)cn1. The summed E-state index contributed by atoms with van der Waals surface area (Å²) < 4.78 is 7.57. The molecule has 6 heteroatoms. The lowest BCUT2D eigenvalue weighted by Gasteiger charge is -2.22. The predicted octanol–water partition coefficient (Wildman–Crippen LogP) is 2.06. The van der Waals surface area contributed by atoms with Crippen molar-refractivity contribution >= 4 is 5.91 Å². The molecule has 2 rings (SSSR count). The zero-order valence-corrected chi connectivity index (χ0v) is 14.7. The standard InChI is InChI=1S/C18H26N4O2/c1-13-9-21-22(11-13)15(3)14(2)20-10-16-7-5-6-8-17(16)24-12-18(23)19-4/h5-9,11,14-15,20H,10,12H2,1-4H3,(H,19,23). The zero-order valence-electron chi connectivity index (χ0n) is 14.7. The molecule has 24 heavy (non-hydrogen) atoms. The lowest BCUT2D eigenvalue weighted by atomic mass is 10.1. The van der Waals surface area contributed by atoms with Crippen LogP contribution in [0.5, 0.6) is 5.75 Å². The summed E-state index contributed by atoms with van der Waals surface area (Å²) in [5.74, 6) is 0.581. The normalized spacial score (nSPS) is 13.3. The highest BCUT2D eigenvalue weighted by Gasteiger charge is 2.15. The Morgan fingerprint density at radius 3 is 2.75 bits per heavy atom. The van der Waals surface area contributed by atoms with Crippen molar-refractivity contribution in [2.24, 2.45) is 0 Å². The third-order valence-electron chi connectivity index (χ3n) is 4.10. The van der Waals surface area contributed by atoms with Crippen LogP contribution in [0.25, 0.3) is 0 Å². The number of para-hydroxylation sites is 1. The molecule has 0 saturated heterocycles. The number of ether oxygens (including phenoxy) is 1. The molecule has 2 unspecified atom stereocenters. The van der Waals surface area contributed by atoms with Crippen molar-refractivity contribution in [2.75, 3.05) is 13.7 Å². The Kier molecular flexibility index (Phi) is 6.37. The van der Waals surface area contributed by atoms with Gasteiger partial charge in [0.2, 0.25) is 0 Å². The molecular formula is C18H26N4O2. The van der Waals surface area contributed by atoms with Gasteiger partial charge in [0, 0.05) is 31.4 Å². The molecule has 1 aromatic carbocycles. The predicted molar refractivity (Wildman–Crippen MR) is 94.0 cm³/mol. The topological polar surface area (TPSA) is 68.2 Å². The van der Waals surface area contributed by atoms with Crippen LogP contribution in [-0.2, 0) is 11.3 Å². The van der Waals surface area contributed by atoms with Gasteiger partial charge in [0.1, 0.15) is 5.75 Å². The third kappa shape index (κ3) is 4.83. The number of benzene rings is 1. The summed E-state index contributed by atoms with van der Waals surface area (Å²) in [5.41, 5.74) is 2.18. The number of likely N-dealkylation sites (N-methyl/N-ethyl adjacent to an activating group) is 1. The summed E-state index contributed by atoms with van der Waals surface area (Å²) in [6.45, 7) is 6.99. The van der Waals surface area contributed by atoms with Crippen LogP contribution in [-0.4, -0.2) is 35.4 Å². The summed E-state index contributed by atoms with van der Waals surface area (Å²) >= 11 is 0. The molecule has 130 valence electrons. The molecule has 0 aliphatic rings. The summed E-state index contributed by atoms with van der Waals surface area (Å²) in [4.78, 5) is 11.3. The van der Waals surface area contributed by atoms with Crippen molar-refractivity contribution in [3.63, 3.8) is 0 Å². The first kappa shape index (κ1) is 18.0. The first-order valence-electron chi connectivity index (χ1n) is 8.16. The molecule has 0 bridgehead atoms. The molecular weight excluding hydrogens is 304 g/mol. The van der Waals surface area contributed by atoms with Gasteiger partial charge < -0.3 is 15.4 Å². The van der Waals surface area contributed by atoms with E-state index in [1.807, 2.05) is 48.3 Å². The first-order chi connectivity index (χ1) is 11.5. The number of carbonyl (C=O) groups excluding carboxylic acids is 1.